The number of piperazine rings is 1. The zero-order valence-corrected chi connectivity index (χ0v) is 18.9. The van der Waals surface area contributed by atoms with Gasteiger partial charge in [0.25, 0.3) is 0 Å². The Balaban J connectivity index is 1.49. The van der Waals surface area contributed by atoms with Crippen molar-refractivity contribution in [3.05, 3.63) is 53.0 Å². The first-order valence-corrected chi connectivity index (χ1v) is 11.4. The zero-order valence-electron chi connectivity index (χ0n) is 18.9. The number of hydrogen-bond acceptors (Lipinski definition) is 5. The lowest BCUT2D eigenvalue weighted by Gasteiger charge is -2.38. The molecule has 1 aliphatic carbocycles. The average Bonchev–Trinajstić information content (AvgIpc) is 3.14. The molecule has 8 heteroatoms. The normalized spacial score (nSPS) is 19.4. The summed E-state index contributed by atoms with van der Waals surface area (Å²) in [5.74, 6) is -0.660. The summed E-state index contributed by atoms with van der Waals surface area (Å²) in [4.78, 5) is 26.5. The van der Waals surface area contributed by atoms with E-state index >= 15 is 0 Å². The quantitative estimate of drug-likeness (QED) is 0.743. The molecule has 6 nitrogen and oxygen atoms in total. The minimum atomic E-state index is -0.668. The SMILES string of the molecule is CC(C)NC[C@@H](C(=O)N1CCN(c2ncnc3c2[C@H](C)CC3)CC1)c1cc(F)cc(F)c1. The monoisotopic (exact) mass is 443 g/mol. The van der Waals surface area contributed by atoms with Gasteiger partial charge in [0.2, 0.25) is 5.91 Å². The molecule has 1 saturated heterocycles. The van der Waals surface area contributed by atoms with Gasteiger partial charge >= 0.3 is 0 Å². The molecule has 1 N–H and O–H groups in total. The Morgan fingerprint density at radius 1 is 1.12 bits per heavy atom. The molecular weight excluding hydrogens is 412 g/mol. The fraction of sp³-hybridized carbons (Fsp3) is 0.542. The van der Waals surface area contributed by atoms with E-state index in [0.717, 1.165) is 30.4 Å². The van der Waals surface area contributed by atoms with Crippen molar-refractivity contribution in [1.29, 1.82) is 0 Å². The van der Waals surface area contributed by atoms with E-state index < -0.39 is 17.6 Å². The van der Waals surface area contributed by atoms with E-state index in [1.54, 1.807) is 11.2 Å². The van der Waals surface area contributed by atoms with Gasteiger partial charge in [0.1, 0.15) is 23.8 Å². The van der Waals surface area contributed by atoms with Gasteiger partial charge in [0, 0.05) is 56.1 Å². The number of fused-ring (bicyclic) bond motifs is 1. The van der Waals surface area contributed by atoms with E-state index in [1.165, 1.54) is 17.7 Å². The summed E-state index contributed by atoms with van der Waals surface area (Å²) >= 11 is 0. The van der Waals surface area contributed by atoms with Crippen LogP contribution in [0, 0.1) is 11.6 Å². The third-order valence-corrected chi connectivity index (χ3v) is 6.46. The molecule has 1 aliphatic heterocycles. The van der Waals surface area contributed by atoms with Gasteiger partial charge in [-0.15, -0.1) is 0 Å². The molecule has 2 aliphatic rings. The van der Waals surface area contributed by atoms with E-state index in [4.69, 9.17) is 0 Å². The Bertz CT molecular complexity index is 955. The second kappa shape index (κ2) is 9.48. The molecule has 0 radical (unpaired) electrons. The zero-order chi connectivity index (χ0) is 22.8. The maximum absolute atomic E-state index is 13.9. The van der Waals surface area contributed by atoms with E-state index in [0.29, 0.717) is 44.2 Å². The average molecular weight is 444 g/mol. The number of carbonyl (C=O) groups is 1. The third-order valence-electron chi connectivity index (χ3n) is 6.46. The van der Waals surface area contributed by atoms with Crippen molar-refractivity contribution in [2.75, 3.05) is 37.6 Å². The number of hydrogen-bond donors (Lipinski definition) is 1. The van der Waals surface area contributed by atoms with Crippen LogP contribution in [-0.4, -0.2) is 59.5 Å². The molecule has 1 fully saturated rings. The standard InChI is InChI=1S/C24H31F2N5O/c1-15(2)27-13-20(17-10-18(25)12-19(26)11-17)24(32)31-8-6-30(7-9-31)23-22-16(3)4-5-21(22)28-14-29-23/h10-12,14-16,20,27H,4-9,13H2,1-3H3/t16-,20-/m1/s1. The van der Waals surface area contributed by atoms with Crippen LogP contribution >= 0.6 is 0 Å². The van der Waals surface area contributed by atoms with Crippen LogP contribution in [0.2, 0.25) is 0 Å². The van der Waals surface area contributed by atoms with Gasteiger partial charge in [-0.1, -0.05) is 20.8 Å². The molecule has 0 bridgehead atoms. The first-order chi connectivity index (χ1) is 15.3. The van der Waals surface area contributed by atoms with Crippen molar-refractivity contribution >= 4 is 11.7 Å². The summed E-state index contributed by atoms with van der Waals surface area (Å²) in [5.41, 5.74) is 2.74. The van der Waals surface area contributed by atoms with Crippen molar-refractivity contribution in [2.45, 2.75) is 51.5 Å². The Morgan fingerprint density at radius 2 is 1.81 bits per heavy atom. The van der Waals surface area contributed by atoms with E-state index in [-0.39, 0.29) is 11.9 Å². The van der Waals surface area contributed by atoms with Crippen molar-refractivity contribution in [1.82, 2.24) is 20.2 Å². The predicted octanol–water partition coefficient (Wildman–Crippen LogP) is 3.23. The summed E-state index contributed by atoms with van der Waals surface area (Å²) in [7, 11) is 0. The van der Waals surface area contributed by atoms with Gasteiger partial charge in [-0.05, 0) is 36.5 Å². The lowest BCUT2D eigenvalue weighted by Crippen LogP contribution is -2.51. The Labute approximate surface area is 188 Å². The van der Waals surface area contributed by atoms with Crippen LogP contribution < -0.4 is 10.2 Å². The molecule has 4 rings (SSSR count). The highest BCUT2D eigenvalue weighted by Crippen LogP contribution is 2.37. The number of halogens is 2. The van der Waals surface area contributed by atoms with Crippen LogP contribution in [0.4, 0.5) is 14.6 Å². The molecule has 2 heterocycles. The number of rotatable bonds is 6. The van der Waals surface area contributed by atoms with E-state index in [9.17, 15) is 13.6 Å². The summed E-state index contributed by atoms with van der Waals surface area (Å²) in [6.45, 7) is 8.93. The molecule has 2 aromatic rings. The molecule has 1 aromatic heterocycles. The van der Waals surface area contributed by atoms with Crippen LogP contribution in [0.5, 0.6) is 0 Å². The highest BCUT2D eigenvalue weighted by Gasteiger charge is 2.32. The molecule has 32 heavy (non-hydrogen) atoms. The third kappa shape index (κ3) is 4.75. The Morgan fingerprint density at radius 3 is 2.47 bits per heavy atom. The number of aryl methyl sites for hydroxylation is 1. The van der Waals surface area contributed by atoms with Crippen molar-refractivity contribution < 1.29 is 13.6 Å². The van der Waals surface area contributed by atoms with Gasteiger partial charge in [0.05, 0.1) is 5.92 Å². The number of anilines is 1. The fourth-order valence-electron chi connectivity index (χ4n) is 4.71. The molecule has 0 saturated carbocycles. The largest absolute Gasteiger partial charge is 0.353 e. The Hall–Kier alpha value is -2.61. The molecular formula is C24H31F2N5O. The van der Waals surface area contributed by atoms with Crippen molar-refractivity contribution in [3.63, 3.8) is 0 Å². The molecule has 1 aromatic carbocycles. The fourth-order valence-corrected chi connectivity index (χ4v) is 4.71. The highest BCUT2D eigenvalue weighted by molar-refractivity contribution is 5.84. The second-order valence-corrected chi connectivity index (χ2v) is 9.13. The van der Waals surface area contributed by atoms with E-state index in [2.05, 4.69) is 27.1 Å². The number of aromatic nitrogens is 2. The molecule has 0 unspecified atom stereocenters. The molecule has 1 amide bonds. The maximum atomic E-state index is 13.9. The smallest absolute Gasteiger partial charge is 0.231 e. The van der Waals surface area contributed by atoms with Crippen molar-refractivity contribution in [3.8, 4) is 0 Å². The number of carbonyl (C=O) groups excluding carboxylic acids is 1. The summed E-state index contributed by atoms with van der Waals surface area (Å²) < 4.78 is 27.7. The van der Waals surface area contributed by atoms with Crippen LogP contribution in [0.3, 0.4) is 0 Å². The van der Waals surface area contributed by atoms with Crippen LogP contribution in [0.25, 0.3) is 0 Å². The summed E-state index contributed by atoms with van der Waals surface area (Å²) in [6, 6.07) is 3.51. The lowest BCUT2D eigenvalue weighted by atomic mass is 9.96. The minimum absolute atomic E-state index is 0.107. The number of benzene rings is 1. The van der Waals surface area contributed by atoms with E-state index in [1.807, 2.05) is 13.8 Å². The molecule has 2 atom stereocenters. The first-order valence-electron chi connectivity index (χ1n) is 11.4. The summed E-state index contributed by atoms with van der Waals surface area (Å²) in [5, 5.41) is 3.25. The topological polar surface area (TPSA) is 61.4 Å². The van der Waals surface area contributed by atoms with Gasteiger partial charge in [-0.25, -0.2) is 18.7 Å². The Kier molecular flexibility index (Phi) is 6.69. The number of nitrogens with zero attached hydrogens (tertiary/aromatic N) is 4. The first kappa shape index (κ1) is 22.6. The highest BCUT2D eigenvalue weighted by atomic mass is 19.1. The van der Waals surface area contributed by atoms with Crippen LogP contribution in [0.15, 0.2) is 24.5 Å². The van der Waals surface area contributed by atoms with Gasteiger partial charge in [-0.3, -0.25) is 4.79 Å². The minimum Gasteiger partial charge on any atom is -0.353 e. The van der Waals surface area contributed by atoms with Crippen molar-refractivity contribution in [2.24, 2.45) is 0 Å². The van der Waals surface area contributed by atoms with Gasteiger partial charge in [0.15, 0.2) is 0 Å². The lowest BCUT2D eigenvalue weighted by molar-refractivity contribution is -0.133. The second-order valence-electron chi connectivity index (χ2n) is 9.13. The van der Waals surface area contributed by atoms with Crippen LogP contribution in [-0.2, 0) is 11.2 Å². The van der Waals surface area contributed by atoms with Gasteiger partial charge < -0.3 is 15.1 Å². The van der Waals surface area contributed by atoms with Gasteiger partial charge in [-0.2, -0.15) is 0 Å². The molecule has 0 spiro atoms. The summed E-state index contributed by atoms with van der Waals surface area (Å²) in [6.07, 6.45) is 3.71. The predicted molar refractivity (Wildman–Crippen MR) is 120 cm³/mol. The number of nitrogens with one attached hydrogen (secondary N) is 1. The number of amides is 1. The molecule has 172 valence electrons. The maximum Gasteiger partial charge on any atom is 0.231 e. The van der Waals surface area contributed by atoms with Crippen LogP contribution in [0.1, 0.15) is 55.8 Å².